The molecule has 2 aliphatic heterocycles. The maximum absolute atomic E-state index is 13.7. The fourth-order valence-corrected chi connectivity index (χ4v) is 3.55. The van der Waals surface area contributed by atoms with Crippen LogP contribution in [0.1, 0.15) is 38.7 Å². The molecule has 3 heterocycles. The quantitative estimate of drug-likeness (QED) is 0.855. The van der Waals surface area contributed by atoms with E-state index in [4.69, 9.17) is 4.74 Å². The van der Waals surface area contributed by atoms with Gasteiger partial charge in [-0.2, -0.15) is 0 Å². The molecule has 1 atom stereocenters. The Balaban J connectivity index is 1.55. The molecule has 2 aliphatic rings. The molecule has 1 spiro atoms. The van der Waals surface area contributed by atoms with Crippen molar-refractivity contribution in [3.63, 3.8) is 0 Å². The molecular weight excluding hydrogens is 267 g/mol. The summed E-state index contributed by atoms with van der Waals surface area (Å²) in [7, 11) is 0. The van der Waals surface area contributed by atoms with Crippen molar-refractivity contribution in [1.29, 1.82) is 0 Å². The lowest BCUT2D eigenvalue weighted by atomic mass is 9.82. The van der Waals surface area contributed by atoms with E-state index >= 15 is 0 Å². The van der Waals surface area contributed by atoms with Gasteiger partial charge < -0.3 is 4.74 Å². The maximum atomic E-state index is 13.7. The minimum atomic E-state index is -0.199. The Hall–Kier alpha value is -1.00. The van der Waals surface area contributed by atoms with Gasteiger partial charge in [0, 0.05) is 31.4 Å². The van der Waals surface area contributed by atoms with Crippen LogP contribution in [0, 0.1) is 17.7 Å². The minimum Gasteiger partial charge on any atom is -0.375 e. The number of ether oxygens (including phenoxy) is 1. The Bertz CT molecular complexity index is 483. The smallest absolute Gasteiger partial charge is 0.145 e. The SMILES string of the molecule is CC(C)C1COC2(CCN(Cc3ccncc3F)CC2)C1. The number of hydrogen-bond donors (Lipinski definition) is 0. The highest BCUT2D eigenvalue weighted by atomic mass is 19.1. The van der Waals surface area contributed by atoms with Gasteiger partial charge in [0.1, 0.15) is 5.82 Å². The number of hydrogen-bond acceptors (Lipinski definition) is 3. The summed E-state index contributed by atoms with van der Waals surface area (Å²) in [5.41, 5.74) is 0.843. The topological polar surface area (TPSA) is 25.4 Å². The van der Waals surface area contributed by atoms with Crippen LogP contribution >= 0.6 is 0 Å². The van der Waals surface area contributed by atoms with Crippen molar-refractivity contribution in [2.24, 2.45) is 11.8 Å². The molecule has 3 rings (SSSR count). The van der Waals surface area contributed by atoms with Crippen molar-refractivity contribution >= 4 is 0 Å². The van der Waals surface area contributed by atoms with Crippen LogP contribution in [0.2, 0.25) is 0 Å². The molecule has 1 unspecified atom stereocenters. The van der Waals surface area contributed by atoms with E-state index < -0.39 is 0 Å². The summed E-state index contributed by atoms with van der Waals surface area (Å²) >= 11 is 0. The van der Waals surface area contributed by atoms with Gasteiger partial charge in [0.25, 0.3) is 0 Å². The van der Waals surface area contributed by atoms with Gasteiger partial charge in [-0.1, -0.05) is 13.8 Å². The van der Waals surface area contributed by atoms with Crippen molar-refractivity contribution in [2.75, 3.05) is 19.7 Å². The second-order valence-electron chi connectivity index (χ2n) is 6.95. The standard InChI is InChI=1S/C17H25FN2O/c1-13(2)15-9-17(21-12-15)4-7-20(8-5-17)11-14-3-6-19-10-16(14)18/h3,6,10,13,15H,4-5,7-9,11-12H2,1-2H3. The second kappa shape index (κ2) is 6.01. The van der Waals surface area contributed by atoms with Crippen LogP contribution in [0.4, 0.5) is 4.39 Å². The predicted molar refractivity (Wildman–Crippen MR) is 80.3 cm³/mol. The Kier molecular flexibility index (Phi) is 4.27. The normalized spacial score (nSPS) is 25.8. The van der Waals surface area contributed by atoms with Gasteiger partial charge >= 0.3 is 0 Å². The average Bonchev–Trinajstić information content (AvgIpc) is 2.89. The lowest BCUT2D eigenvalue weighted by Gasteiger charge is -2.39. The van der Waals surface area contributed by atoms with Gasteiger partial charge in [-0.3, -0.25) is 9.88 Å². The van der Waals surface area contributed by atoms with Crippen LogP contribution in [0.25, 0.3) is 0 Å². The molecule has 0 amide bonds. The Morgan fingerprint density at radius 3 is 2.81 bits per heavy atom. The van der Waals surface area contributed by atoms with E-state index in [1.807, 2.05) is 0 Å². The predicted octanol–water partition coefficient (Wildman–Crippen LogP) is 3.25. The number of nitrogens with zero attached hydrogens (tertiary/aromatic N) is 2. The number of piperidine rings is 1. The zero-order chi connectivity index (χ0) is 14.9. The highest BCUT2D eigenvalue weighted by Gasteiger charge is 2.43. The zero-order valence-electron chi connectivity index (χ0n) is 13.0. The number of rotatable bonds is 3. The van der Waals surface area contributed by atoms with E-state index in [9.17, 15) is 4.39 Å². The van der Waals surface area contributed by atoms with Crippen LogP contribution in [-0.4, -0.2) is 35.2 Å². The summed E-state index contributed by atoms with van der Waals surface area (Å²) in [5, 5.41) is 0. The van der Waals surface area contributed by atoms with Gasteiger partial charge in [0.15, 0.2) is 0 Å². The van der Waals surface area contributed by atoms with Crippen molar-refractivity contribution in [2.45, 2.75) is 45.3 Å². The third kappa shape index (κ3) is 3.27. The monoisotopic (exact) mass is 292 g/mol. The van der Waals surface area contributed by atoms with Crippen LogP contribution in [0.5, 0.6) is 0 Å². The molecule has 0 bridgehead atoms. The first kappa shape index (κ1) is 14.9. The molecule has 2 fully saturated rings. The molecule has 1 aromatic rings. The van der Waals surface area contributed by atoms with Crippen LogP contribution in [0.3, 0.4) is 0 Å². The largest absolute Gasteiger partial charge is 0.375 e. The molecular formula is C17H25FN2O. The molecule has 116 valence electrons. The molecule has 0 aromatic carbocycles. The van der Waals surface area contributed by atoms with E-state index in [0.29, 0.717) is 18.4 Å². The van der Waals surface area contributed by atoms with Gasteiger partial charge in [0.2, 0.25) is 0 Å². The minimum absolute atomic E-state index is 0.0994. The van der Waals surface area contributed by atoms with E-state index in [2.05, 4.69) is 23.7 Å². The fourth-order valence-electron chi connectivity index (χ4n) is 3.55. The lowest BCUT2D eigenvalue weighted by molar-refractivity contribution is -0.0453. The third-order valence-corrected chi connectivity index (χ3v) is 5.20. The van der Waals surface area contributed by atoms with Crippen LogP contribution in [-0.2, 0) is 11.3 Å². The van der Waals surface area contributed by atoms with E-state index in [-0.39, 0.29) is 11.4 Å². The van der Waals surface area contributed by atoms with Crippen molar-refractivity contribution < 1.29 is 9.13 Å². The molecule has 0 saturated carbocycles. The maximum Gasteiger partial charge on any atom is 0.145 e. The first-order valence-corrected chi connectivity index (χ1v) is 8.03. The van der Waals surface area contributed by atoms with E-state index in [1.165, 1.54) is 12.6 Å². The number of halogens is 1. The molecule has 21 heavy (non-hydrogen) atoms. The summed E-state index contributed by atoms with van der Waals surface area (Å²) < 4.78 is 19.8. The summed E-state index contributed by atoms with van der Waals surface area (Å²) in [6.07, 6.45) is 6.30. The van der Waals surface area contributed by atoms with Crippen LogP contribution < -0.4 is 0 Å². The zero-order valence-corrected chi connectivity index (χ0v) is 13.0. The van der Waals surface area contributed by atoms with Crippen molar-refractivity contribution in [1.82, 2.24) is 9.88 Å². The van der Waals surface area contributed by atoms with E-state index in [1.54, 1.807) is 12.3 Å². The molecule has 0 aliphatic carbocycles. The van der Waals surface area contributed by atoms with Crippen LogP contribution in [0.15, 0.2) is 18.5 Å². The summed E-state index contributed by atoms with van der Waals surface area (Å²) in [4.78, 5) is 6.14. The Morgan fingerprint density at radius 1 is 1.43 bits per heavy atom. The molecule has 0 radical (unpaired) electrons. The summed E-state index contributed by atoms with van der Waals surface area (Å²) in [6.45, 7) is 8.15. The van der Waals surface area contributed by atoms with Gasteiger partial charge in [-0.25, -0.2) is 4.39 Å². The molecule has 0 N–H and O–H groups in total. The Labute approximate surface area is 126 Å². The average molecular weight is 292 g/mol. The number of pyridine rings is 1. The fraction of sp³-hybridized carbons (Fsp3) is 0.706. The molecule has 4 heteroatoms. The lowest BCUT2D eigenvalue weighted by Crippen LogP contribution is -2.43. The first-order chi connectivity index (χ1) is 10.1. The molecule has 2 saturated heterocycles. The van der Waals surface area contributed by atoms with Gasteiger partial charge in [-0.15, -0.1) is 0 Å². The third-order valence-electron chi connectivity index (χ3n) is 5.20. The molecule has 1 aromatic heterocycles. The van der Waals surface area contributed by atoms with Gasteiger partial charge in [0.05, 0.1) is 18.4 Å². The number of likely N-dealkylation sites (tertiary alicyclic amines) is 1. The number of aromatic nitrogens is 1. The van der Waals surface area contributed by atoms with E-state index in [0.717, 1.165) is 38.1 Å². The van der Waals surface area contributed by atoms with Crippen molar-refractivity contribution in [3.8, 4) is 0 Å². The summed E-state index contributed by atoms with van der Waals surface area (Å²) in [6, 6.07) is 1.78. The second-order valence-corrected chi connectivity index (χ2v) is 6.95. The highest BCUT2D eigenvalue weighted by molar-refractivity contribution is 5.12. The van der Waals surface area contributed by atoms with Gasteiger partial charge in [-0.05, 0) is 37.2 Å². The molecule has 3 nitrogen and oxygen atoms in total. The van der Waals surface area contributed by atoms with Crippen molar-refractivity contribution in [3.05, 3.63) is 29.8 Å². The Morgan fingerprint density at radius 2 is 2.19 bits per heavy atom. The first-order valence-electron chi connectivity index (χ1n) is 8.03. The highest BCUT2D eigenvalue weighted by Crippen LogP contribution is 2.41. The summed E-state index contributed by atoms with van der Waals surface area (Å²) in [5.74, 6) is 1.21.